The topological polar surface area (TPSA) is 60.9 Å². The van der Waals surface area contributed by atoms with Gasteiger partial charge in [0.2, 0.25) is 0 Å². The van der Waals surface area contributed by atoms with E-state index in [1.807, 2.05) is 30.3 Å². The fourth-order valence-corrected chi connectivity index (χ4v) is 6.23. The Morgan fingerprint density at radius 2 is 1.74 bits per heavy atom. The minimum atomic E-state index is -0.627. The van der Waals surface area contributed by atoms with E-state index in [4.69, 9.17) is 17.3 Å². The Balaban J connectivity index is 1.74. The number of aromatic nitrogens is 2. The summed E-state index contributed by atoms with van der Waals surface area (Å²) in [5.74, 6) is -0.696. The molecule has 0 aliphatic carbocycles. The van der Waals surface area contributed by atoms with Gasteiger partial charge < -0.3 is 5.73 Å². The van der Waals surface area contributed by atoms with Crippen LogP contribution >= 0.6 is 23.4 Å². The molecule has 0 fully saturated rings. The number of hydrogen-bond acceptors (Lipinski definition) is 4. The van der Waals surface area contributed by atoms with Crippen LogP contribution in [0.1, 0.15) is 34.3 Å². The van der Waals surface area contributed by atoms with Gasteiger partial charge in [0.05, 0.1) is 28.4 Å². The summed E-state index contributed by atoms with van der Waals surface area (Å²) in [7, 11) is 0. The minimum absolute atomic E-state index is 0.00614. The van der Waals surface area contributed by atoms with E-state index in [9.17, 15) is 13.6 Å². The molecule has 2 aromatic heterocycles. The standard InChI is InChI=1S/C27H22ClF2N3OS/c1-15-17(13-18-19(29)9-5-10-20(18)30)27-33(26(34)24(15)21-11-6-12-23(28)32-21)22(14-35-27)25(31)16-7-3-2-4-8-16/h2-12,22,25H,13-14,31H2,1H3. The Morgan fingerprint density at radius 3 is 2.43 bits per heavy atom. The van der Waals surface area contributed by atoms with Gasteiger partial charge in [-0.1, -0.05) is 54.1 Å². The first-order valence-electron chi connectivity index (χ1n) is 11.1. The third-order valence-corrected chi connectivity index (χ3v) is 7.88. The second-order valence-corrected chi connectivity index (χ2v) is 9.89. The Bertz CT molecular complexity index is 1460. The van der Waals surface area contributed by atoms with Gasteiger partial charge in [-0.3, -0.25) is 9.36 Å². The van der Waals surface area contributed by atoms with Crippen molar-refractivity contribution in [2.75, 3.05) is 5.75 Å². The molecule has 35 heavy (non-hydrogen) atoms. The minimum Gasteiger partial charge on any atom is -0.322 e. The zero-order valence-electron chi connectivity index (χ0n) is 18.8. The van der Waals surface area contributed by atoms with E-state index in [0.29, 0.717) is 33.2 Å². The monoisotopic (exact) mass is 509 g/mol. The van der Waals surface area contributed by atoms with Gasteiger partial charge in [-0.25, -0.2) is 13.8 Å². The van der Waals surface area contributed by atoms with Crippen molar-refractivity contribution in [2.45, 2.75) is 30.5 Å². The number of thioether (sulfide) groups is 1. The molecule has 0 amide bonds. The molecule has 2 atom stereocenters. The van der Waals surface area contributed by atoms with Gasteiger partial charge in [0.1, 0.15) is 16.8 Å². The Morgan fingerprint density at radius 1 is 1.06 bits per heavy atom. The van der Waals surface area contributed by atoms with Crippen molar-refractivity contribution in [1.82, 2.24) is 9.55 Å². The van der Waals surface area contributed by atoms with Gasteiger partial charge in [0.15, 0.2) is 0 Å². The van der Waals surface area contributed by atoms with Crippen molar-refractivity contribution in [3.8, 4) is 11.3 Å². The summed E-state index contributed by atoms with van der Waals surface area (Å²) in [5.41, 5.74) is 9.35. The number of benzene rings is 2. The van der Waals surface area contributed by atoms with E-state index in [0.717, 1.165) is 5.56 Å². The molecule has 3 heterocycles. The van der Waals surface area contributed by atoms with Crippen LogP contribution in [-0.2, 0) is 6.42 Å². The van der Waals surface area contributed by atoms with Gasteiger partial charge in [0, 0.05) is 17.7 Å². The maximum absolute atomic E-state index is 14.6. The lowest BCUT2D eigenvalue weighted by molar-refractivity contribution is 0.435. The van der Waals surface area contributed by atoms with Crippen LogP contribution in [0, 0.1) is 18.6 Å². The fourth-order valence-electron chi connectivity index (χ4n) is 4.62. The number of fused-ring (bicyclic) bond motifs is 1. The molecule has 8 heteroatoms. The van der Waals surface area contributed by atoms with Crippen molar-refractivity contribution < 1.29 is 8.78 Å². The molecule has 0 saturated heterocycles. The van der Waals surface area contributed by atoms with E-state index in [-0.39, 0.29) is 28.7 Å². The van der Waals surface area contributed by atoms with E-state index >= 15 is 0 Å². The summed E-state index contributed by atoms with van der Waals surface area (Å²) in [4.78, 5) is 18.3. The largest absolute Gasteiger partial charge is 0.322 e. The molecule has 1 aliphatic heterocycles. The quantitative estimate of drug-likeness (QED) is 0.331. The van der Waals surface area contributed by atoms with E-state index in [2.05, 4.69) is 4.98 Å². The summed E-state index contributed by atoms with van der Waals surface area (Å²) in [5, 5.41) is 0.928. The molecule has 0 spiro atoms. The molecule has 0 bridgehead atoms. The number of nitrogens with two attached hydrogens (primary N) is 1. The number of rotatable bonds is 5. The zero-order chi connectivity index (χ0) is 24.7. The van der Waals surface area contributed by atoms with Gasteiger partial charge in [-0.05, 0) is 47.9 Å². The summed E-state index contributed by atoms with van der Waals surface area (Å²) in [6, 6.07) is 17.7. The summed E-state index contributed by atoms with van der Waals surface area (Å²) < 4.78 is 31.0. The third-order valence-electron chi connectivity index (χ3n) is 6.45. The number of hydrogen-bond donors (Lipinski definition) is 1. The maximum atomic E-state index is 14.6. The van der Waals surface area contributed by atoms with E-state index in [1.165, 1.54) is 30.0 Å². The highest BCUT2D eigenvalue weighted by molar-refractivity contribution is 7.99. The summed E-state index contributed by atoms with van der Waals surface area (Å²) >= 11 is 7.63. The van der Waals surface area contributed by atoms with Gasteiger partial charge in [0.25, 0.3) is 5.56 Å². The predicted octanol–water partition coefficient (Wildman–Crippen LogP) is 6.09. The molecule has 178 valence electrons. The molecule has 0 saturated carbocycles. The van der Waals surface area contributed by atoms with E-state index < -0.39 is 17.7 Å². The highest BCUT2D eigenvalue weighted by Crippen LogP contribution is 2.43. The van der Waals surface area contributed by atoms with Crippen LogP contribution in [0.3, 0.4) is 0 Å². The van der Waals surface area contributed by atoms with Crippen molar-refractivity contribution in [3.63, 3.8) is 0 Å². The van der Waals surface area contributed by atoms with Crippen molar-refractivity contribution in [1.29, 1.82) is 0 Å². The SMILES string of the molecule is Cc1c(Cc2c(F)cccc2F)c2n(c(=O)c1-c1cccc(Cl)n1)C(C(N)c1ccccc1)CS2. The van der Waals surface area contributed by atoms with Crippen LogP contribution < -0.4 is 11.3 Å². The zero-order valence-corrected chi connectivity index (χ0v) is 20.4. The first-order valence-corrected chi connectivity index (χ1v) is 12.5. The number of halogens is 3. The molecular weight excluding hydrogens is 488 g/mol. The first kappa shape index (κ1) is 23.7. The third kappa shape index (κ3) is 4.29. The van der Waals surface area contributed by atoms with Crippen molar-refractivity contribution in [3.05, 3.63) is 116 Å². The van der Waals surface area contributed by atoms with Crippen molar-refractivity contribution >= 4 is 23.4 Å². The Labute approximate surface area is 210 Å². The van der Waals surface area contributed by atoms with E-state index in [1.54, 1.807) is 29.7 Å². The lowest BCUT2D eigenvalue weighted by atomic mass is 9.95. The summed E-state index contributed by atoms with van der Waals surface area (Å²) in [6.07, 6.45) is -0.00614. The second-order valence-electron chi connectivity index (χ2n) is 8.50. The lowest BCUT2D eigenvalue weighted by Gasteiger charge is -2.24. The lowest BCUT2D eigenvalue weighted by Crippen LogP contribution is -2.33. The van der Waals surface area contributed by atoms with Crippen LogP contribution in [0.2, 0.25) is 5.15 Å². The molecule has 4 nitrogen and oxygen atoms in total. The van der Waals surface area contributed by atoms with Crippen LogP contribution in [0.5, 0.6) is 0 Å². The molecule has 0 radical (unpaired) electrons. The molecule has 1 aliphatic rings. The van der Waals surface area contributed by atoms with Crippen LogP contribution in [-0.4, -0.2) is 15.3 Å². The average Bonchev–Trinajstić information content (AvgIpc) is 3.29. The molecule has 5 rings (SSSR count). The summed E-state index contributed by atoms with van der Waals surface area (Å²) in [6.45, 7) is 1.79. The molecule has 2 N–H and O–H groups in total. The van der Waals surface area contributed by atoms with Crippen LogP contribution in [0.15, 0.2) is 76.6 Å². The molecule has 4 aromatic rings. The second kappa shape index (κ2) is 9.57. The molecule has 2 unspecified atom stereocenters. The van der Waals surface area contributed by atoms with Crippen LogP contribution in [0.25, 0.3) is 11.3 Å². The normalized spacial score (nSPS) is 15.7. The molecular formula is C27H22ClF2N3OS. The Kier molecular flexibility index (Phi) is 6.49. The van der Waals surface area contributed by atoms with Gasteiger partial charge >= 0.3 is 0 Å². The highest BCUT2D eigenvalue weighted by atomic mass is 35.5. The number of nitrogens with zero attached hydrogens (tertiary/aromatic N) is 2. The predicted molar refractivity (Wildman–Crippen MR) is 136 cm³/mol. The smallest absolute Gasteiger partial charge is 0.261 e. The van der Waals surface area contributed by atoms with Gasteiger partial charge in [-0.15, -0.1) is 11.8 Å². The fraction of sp³-hybridized carbons (Fsp3) is 0.185. The Hall–Kier alpha value is -3.00. The van der Waals surface area contributed by atoms with Crippen LogP contribution in [0.4, 0.5) is 8.78 Å². The highest BCUT2D eigenvalue weighted by Gasteiger charge is 2.35. The number of pyridine rings is 2. The van der Waals surface area contributed by atoms with Gasteiger partial charge in [-0.2, -0.15) is 0 Å². The average molecular weight is 510 g/mol. The maximum Gasteiger partial charge on any atom is 0.261 e. The molecule has 2 aromatic carbocycles. The van der Waals surface area contributed by atoms with Crippen molar-refractivity contribution in [2.24, 2.45) is 5.73 Å². The first-order chi connectivity index (χ1) is 16.9.